The quantitative estimate of drug-likeness (QED) is 0.681. The first-order valence-corrected chi connectivity index (χ1v) is 5.10. The molecule has 5 nitrogen and oxygen atoms in total. The Hall–Kier alpha value is -1.08. The molecule has 0 bridgehead atoms. The van der Waals surface area contributed by atoms with Gasteiger partial charge in [0, 0.05) is 0 Å². The summed E-state index contributed by atoms with van der Waals surface area (Å²) < 4.78 is 33.0. The fourth-order valence-electron chi connectivity index (χ4n) is 1.03. The third-order valence-electron chi connectivity index (χ3n) is 1.75. The Balaban J connectivity index is 2.19. The highest BCUT2D eigenvalue weighted by Crippen LogP contribution is 1.99. The molecule has 1 aromatic rings. The van der Waals surface area contributed by atoms with Crippen LogP contribution in [0.5, 0.6) is 0 Å². The highest BCUT2D eigenvalue weighted by atomic mass is 19.3. The Morgan fingerprint density at radius 2 is 2.31 bits per heavy atom. The van der Waals surface area contributed by atoms with Crippen LogP contribution in [0.1, 0.15) is 18.6 Å². The Morgan fingerprint density at radius 1 is 1.50 bits per heavy atom. The van der Waals surface area contributed by atoms with Gasteiger partial charge in [-0.25, -0.2) is 8.78 Å². The molecule has 0 aliphatic carbocycles. The van der Waals surface area contributed by atoms with E-state index in [1.165, 1.54) is 0 Å². The summed E-state index contributed by atoms with van der Waals surface area (Å²) in [6, 6.07) is 0. The van der Waals surface area contributed by atoms with E-state index in [4.69, 9.17) is 9.26 Å². The summed E-state index contributed by atoms with van der Waals surface area (Å²) in [4.78, 5) is 4.06. The van der Waals surface area contributed by atoms with Crippen molar-refractivity contribution in [2.24, 2.45) is 0 Å². The standard InChI is InChI=1S/C9H15F2N3O2/c1-2-12-5-8-13-9(16-14-8)3-4-15-6-7(10)11/h7,12H,2-6H2,1H3. The van der Waals surface area contributed by atoms with E-state index in [9.17, 15) is 8.78 Å². The molecule has 0 unspecified atom stereocenters. The fourth-order valence-corrected chi connectivity index (χ4v) is 1.03. The maximum atomic E-state index is 11.7. The molecule has 92 valence electrons. The zero-order valence-electron chi connectivity index (χ0n) is 9.08. The Morgan fingerprint density at radius 3 is 3.00 bits per heavy atom. The van der Waals surface area contributed by atoms with Gasteiger partial charge in [-0.2, -0.15) is 4.98 Å². The van der Waals surface area contributed by atoms with Crippen LogP contribution >= 0.6 is 0 Å². The summed E-state index contributed by atoms with van der Waals surface area (Å²) in [5, 5.41) is 6.76. The van der Waals surface area contributed by atoms with Crippen molar-refractivity contribution >= 4 is 0 Å². The number of halogens is 2. The van der Waals surface area contributed by atoms with Crippen molar-refractivity contribution in [1.82, 2.24) is 15.5 Å². The Bertz CT molecular complexity index is 294. The third-order valence-corrected chi connectivity index (χ3v) is 1.75. The summed E-state index contributed by atoms with van der Waals surface area (Å²) in [6.45, 7) is 2.93. The van der Waals surface area contributed by atoms with Gasteiger partial charge in [0.2, 0.25) is 5.89 Å². The first-order chi connectivity index (χ1) is 7.72. The molecule has 0 aliphatic rings. The number of hydrogen-bond donors (Lipinski definition) is 1. The first kappa shape index (κ1) is 13.0. The van der Waals surface area contributed by atoms with Gasteiger partial charge < -0.3 is 14.6 Å². The van der Waals surface area contributed by atoms with Crippen LogP contribution in [0.4, 0.5) is 8.78 Å². The molecular weight excluding hydrogens is 220 g/mol. The van der Waals surface area contributed by atoms with Crippen LogP contribution in [-0.4, -0.2) is 36.3 Å². The van der Waals surface area contributed by atoms with E-state index in [2.05, 4.69) is 15.5 Å². The minimum atomic E-state index is -2.44. The van der Waals surface area contributed by atoms with Crippen LogP contribution in [0.3, 0.4) is 0 Å². The van der Waals surface area contributed by atoms with Gasteiger partial charge in [0.05, 0.1) is 19.6 Å². The van der Waals surface area contributed by atoms with E-state index in [-0.39, 0.29) is 6.61 Å². The van der Waals surface area contributed by atoms with E-state index in [1.807, 2.05) is 6.92 Å². The lowest BCUT2D eigenvalue weighted by molar-refractivity contribution is 0.0171. The number of nitrogens with zero attached hydrogens (tertiary/aromatic N) is 2. The number of nitrogens with one attached hydrogen (secondary N) is 1. The average molecular weight is 235 g/mol. The van der Waals surface area contributed by atoms with Gasteiger partial charge in [-0.1, -0.05) is 12.1 Å². The Labute approximate surface area is 92.2 Å². The summed E-state index contributed by atoms with van der Waals surface area (Å²) >= 11 is 0. The van der Waals surface area contributed by atoms with Crippen molar-refractivity contribution in [3.63, 3.8) is 0 Å². The predicted octanol–water partition coefficient (Wildman–Crippen LogP) is 1.00. The van der Waals surface area contributed by atoms with Gasteiger partial charge in [-0.3, -0.25) is 0 Å². The van der Waals surface area contributed by atoms with E-state index in [1.54, 1.807) is 0 Å². The summed E-state index contributed by atoms with van der Waals surface area (Å²) in [6.07, 6.45) is -2.08. The molecule has 1 aromatic heterocycles. The van der Waals surface area contributed by atoms with E-state index in [0.717, 1.165) is 6.54 Å². The highest BCUT2D eigenvalue weighted by molar-refractivity contribution is 4.85. The smallest absolute Gasteiger partial charge is 0.261 e. The largest absolute Gasteiger partial charge is 0.375 e. The van der Waals surface area contributed by atoms with Crippen molar-refractivity contribution in [2.75, 3.05) is 19.8 Å². The van der Waals surface area contributed by atoms with E-state index in [0.29, 0.717) is 24.7 Å². The molecule has 0 amide bonds. The molecule has 1 N–H and O–H groups in total. The number of hydrogen-bond acceptors (Lipinski definition) is 5. The van der Waals surface area contributed by atoms with Crippen molar-refractivity contribution < 1.29 is 18.0 Å². The molecule has 16 heavy (non-hydrogen) atoms. The van der Waals surface area contributed by atoms with Crippen LogP contribution in [0.25, 0.3) is 0 Å². The zero-order valence-corrected chi connectivity index (χ0v) is 9.08. The number of alkyl halides is 2. The molecule has 0 atom stereocenters. The number of aromatic nitrogens is 2. The number of ether oxygens (including phenoxy) is 1. The highest BCUT2D eigenvalue weighted by Gasteiger charge is 2.06. The first-order valence-electron chi connectivity index (χ1n) is 5.10. The van der Waals surface area contributed by atoms with Crippen LogP contribution < -0.4 is 5.32 Å². The van der Waals surface area contributed by atoms with Gasteiger partial charge >= 0.3 is 0 Å². The van der Waals surface area contributed by atoms with Crippen LogP contribution in [0.2, 0.25) is 0 Å². The SMILES string of the molecule is CCNCc1noc(CCOCC(F)F)n1. The summed E-state index contributed by atoms with van der Waals surface area (Å²) in [5.74, 6) is 0.966. The average Bonchev–Trinajstić information content (AvgIpc) is 2.69. The maximum Gasteiger partial charge on any atom is 0.261 e. The fraction of sp³-hybridized carbons (Fsp3) is 0.778. The maximum absolute atomic E-state index is 11.7. The van der Waals surface area contributed by atoms with Crippen LogP contribution in [0.15, 0.2) is 4.52 Å². The van der Waals surface area contributed by atoms with Crippen molar-refractivity contribution in [3.8, 4) is 0 Å². The minimum absolute atomic E-state index is 0.160. The second-order valence-electron chi connectivity index (χ2n) is 3.10. The number of rotatable bonds is 8. The lowest BCUT2D eigenvalue weighted by Gasteiger charge is -1.99. The van der Waals surface area contributed by atoms with Gasteiger partial charge in [0.25, 0.3) is 6.43 Å². The molecule has 0 spiro atoms. The lowest BCUT2D eigenvalue weighted by atomic mass is 10.4. The minimum Gasteiger partial charge on any atom is -0.375 e. The predicted molar refractivity (Wildman–Crippen MR) is 52.2 cm³/mol. The Kier molecular flexibility index (Phi) is 5.87. The van der Waals surface area contributed by atoms with Gasteiger partial charge in [-0.05, 0) is 6.54 Å². The van der Waals surface area contributed by atoms with Crippen LogP contribution in [-0.2, 0) is 17.7 Å². The topological polar surface area (TPSA) is 60.2 Å². The van der Waals surface area contributed by atoms with E-state index >= 15 is 0 Å². The van der Waals surface area contributed by atoms with Crippen molar-refractivity contribution in [1.29, 1.82) is 0 Å². The van der Waals surface area contributed by atoms with Crippen molar-refractivity contribution in [3.05, 3.63) is 11.7 Å². The molecule has 0 aromatic carbocycles. The zero-order chi connectivity index (χ0) is 11.8. The molecule has 1 heterocycles. The van der Waals surface area contributed by atoms with E-state index < -0.39 is 13.0 Å². The molecule has 0 fully saturated rings. The monoisotopic (exact) mass is 235 g/mol. The van der Waals surface area contributed by atoms with Gasteiger partial charge in [0.15, 0.2) is 5.82 Å². The second-order valence-corrected chi connectivity index (χ2v) is 3.10. The normalized spacial score (nSPS) is 11.2. The molecular formula is C9H15F2N3O2. The van der Waals surface area contributed by atoms with Gasteiger partial charge in [-0.15, -0.1) is 0 Å². The second kappa shape index (κ2) is 7.24. The molecule has 0 saturated carbocycles. The third kappa shape index (κ3) is 5.13. The summed E-state index contributed by atoms with van der Waals surface area (Å²) in [7, 11) is 0. The molecule has 1 rings (SSSR count). The molecule has 0 saturated heterocycles. The van der Waals surface area contributed by atoms with Crippen molar-refractivity contribution in [2.45, 2.75) is 26.3 Å². The molecule has 0 aliphatic heterocycles. The summed E-state index contributed by atoms with van der Waals surface area (Å²) in [5.41, 5.74) is 0. The molecule has 0 radical (unpaired) electrons. The van der Waals surface area contributed by atoms with Gasteiger partial charge in [0.1, 0.15) is 6.61 Å². The molecule has 7 heteroatoms. The lowest BCUT2D eigenvalue weighted by Crippen LogP contribution is -2.13. The van der Waals surface area contributed by atoms with Crippen LogP contribution in [0, 0.1) is 0 Å².